The summed E-state index contributed by atoms with van der Waals surface area (Å²) in [5.41, 5.74) is 1.94. The molecule has 6 nitrogen and oxygen atoms in total. The van der Waals surface area contributed by atoms with Crippen molar-refractivity contribution in [3.05, 3.63) is 58.5 Å². The average molecular weight is 307 g/mol. The SMILES string of the molecule is C#CCOc1cccc(NC(=O)c2ccc3[nH]c(=O)[nH]c3c2)c1. The average Bonchev–Trinajstić information content (AvgIpc) is 2.92. The van der Waals surface area contributed by atoms with Crippen molar-refractivity contribution in [3.63, 3.8) is 0 Å². The van der Waals surface area contributed by atoms with Crippen LogP contribution in [0.5, 0.6) is 5.75 Å². The van der Waals surface area contributed by atoms with Crippen LogP contribution in [-0.2, 0) is 0 Å². The fourth-order valence-corrected chi connectivity index (χ4v) is 2.17. The molecule has 23 heavy (non-hydrogen) atoms. The molecule has 0 atom stereocenters. The molecule has 3 rings (SSSR count). The first-order valence-corrected chi connectivity index (χ1v) is 6.85. The van der Waals surface area contributed by atoms with Gasteiger partial charge in [-0.1, -0.05) is 12.0 Å². The number of carbonyl (C=O) groups is 1. The molecule has 1 heterocycles. The van der Waals surface area contributed by atoms with Crippen LogP contribution in [0.25, 0.3) is 11.0 Å². The molecule has 0 saturated heterocycles. The van der Waals surface area contributed by atoms with Crippen LogP contribution in [0.4, 0.5) is 5.69 Å². The first kappa shape index (κ1) is 14.5. The number of benzene rings is 2. The largest absolute Gasteiger partial charge is 0.481 e. The minimum atomic E-state index is -0.309. The molecule has 0 saturated carbocycles. The molecule has 3 N–H and O–H groups in total. The number of carbonyl (C=O) groups excluding carboxylic acids is 1. The lowest BCUT2D eigenvalue weighted by molar-refractivity contribution is 0.102. The van der Waals surface area contributed by atoms with Crippen molar-refractivity contribution in [2.75, 3.05) is 11.9 Å². The minimum absolute atomic E-state index is 0.162. The summed E-state index contributed by atoms with van der Waals surface area (Å²) < 4.78 is 5.31. The number of hydrogen-bond acceptors (Lipinski definition) is 3. The monoisotopic (exact) mass is 307 g/mol. The summed E-state index contributed by atoms with van der Waals surface area (Å²) in [4.78, 5) is 28.8. The third kappa shape index (κ3) is 3.24. The standard InChI is InChI=1S/C17H13N3O3/c1-2-8-23-13-5-3-4-12(10-13)18-16(21)11-6-7-14-15(9-11)20-17(22)19-14/h1,3-7,9-10H,8H2,(H,18,21)(H2,19,20,22). The molecule has 0 radical (unpaired) electrons. The predicted octanol–water partition coefficient (Wildman–Crippen LogP) is 2.12. The van der Waals surface area contributed by atoms with Crippen LogP contribution < -0.4 is 15.7 Å². The van der Waals surface area contributed by atoms with Crippen molar-refractivity contribution in [1.82, 2.24) is 9.97 Å². The molecule has 1 aromatic heterocycles. The Bertz CT molecular complexity index is 963. The van der Waals surface area contributed by atoms with Crippen LogP contribution in [0.2, 0.25) is 0 Å². The Kier molecular flexibility index (Phi) is 3.85. The number of H-pyrrole nitrogens is 2. The van der Waals surface area contributed by atoms with Gasteiger partial charge in [-0.3, -0.25) is 4.79 Å². The minimum Gasteiger partial charge on any atom is -0.481 e. The van der Waals surface area contributed by atoms with Gasteiger partial charge in [0.2, 0.25) is 0 Å². The number of rotatable bonds is 4. The highest BCUT2D eigenvalue weighted by Gasteiger charge is 2.09. The van der Waals surface area contributed by atoms with Crippen molar-refractivity contribution in [2.24, 2.45) is 0 Å². The summed E-state index contributed by atoms with van der Waals surface area (Å²) in [6.07, 6.45) is 5.15. The van der Waals surface area contributed by atoms with E-state index in [-0.39, 0.29) is 18.2 Å². The van der Waals surface area contributed by atoms with E-state index < -0.39 is 0 Å². The van der Waals surface area contributed by atoms with Gasteiger partial charge in [-0.15, -0.1) is 6.42 Å². The number of nitrogens with one attached hydrogen (secondary N) is 3. The fourth-order valence-electron chi connectivity index (χ4n) is 2.17. The van der Waals surface area contributed by atoms with Crippen LogP contribution in [-0.4, -0.2) is 22.5 Å². The molecule has 0 bridgehead atoms. The van der Waals surface area contributed by atoms with Crippen molar-refractivity contribution >= 4 is 22.6 Å². The van der Waals surface area contributed by atoms with Crippen molar-refractivity contribution < 1.29 is 9.53 Å². The van der Waals surface area contributed by atoms with E-state index in [1.165, 1.54) is 0 Å². The van der Waals surface area contributed by atoms with Gasteiger partial charge >= 0.3 is 5.69 Å². The van der Waals surface area contributed by atoms with Crippen LogP contribution in [0, 0.1) is 12.3 Å². The number of anilines is 1. The summed E-state index contributed by atoms with van der Waals surface area (Å²) in [5.74, 6) is 2.67. The fraction of sp³-hybridized carbons (Fsp3) is 0.0588. The Labute approximate surface area is 131 Å². The zero-order chi connectivity index (χ0) is 16.2. The van der Waals surface area contributed by atoms with E-state index in [1.807, 2.05) is 0 Å². The van der Waals surface area contributed by atoms with Crippen molar-refractivity contribution in [2.45, 2.75) is 0 Å². The number of terminal acetylenes is 1. The number of aromatic amines is 2. The van der Waals surface area contributed by atoms with Crippen LogP contribution in [0.3, 0.4) is 0 Å². The van der Waals surface area contributed by atoms with E-state index in [0.717, 1.165) is 0 Å². The van der Waals surface area contributed by atoms with Crippen molar-refractivity contribution in [3.8, 4) is 18.1 Å². The summed E-state index contributed by atoms with van der Waals surface area (Å²) >= 11 is 0. The second kappa shape index (κ2) is 6.12. The second-order valence-corrected chi connectivity index (χ2v) is 4.81. The molecule has 6 heteroatoms. The highest BCUT2D eigenvalue weighted by atomic mass is 16.5. The topological polar surface area (TPSA) is 87.0 Å². The Hall–Kier alpha value is -3.46. The second-order valence-electron chi connectivity index (χ2n) is 4.81. The van der Waals surface area contributed by atoms with Gasteiger partial charge in [0.05, 0.1) is 11.0 Å². The van der Waals surface area contributed by atoms with Crippen LogP contribution in [0.1, 0.15) is 10.4 Å². The lowest BCUT2D eigenvalue weighted by Crippen LogP contribution is -2.11. The van der Waals surface area contributed by atoms with Gasteiger partial charge in [-0.2, -0.15) is 0 Å². The van der Waals surface area contributed by atoms with Gasteiger partial charge in [0.25, 0.3) is 5.91 Å². The highest BCUT2D eigenvalue weighted by molar-refractivity contribution is 6.05. The first-order valence-electron chi connectivity index (χ1n) is 6.85. The number of hydrogen-bond donors (Lipinski definition) is 3. The smallest absolute Gasteiger partial charge is 0.323 e. The van der Waals surface area contributed by atoms with Gasteiger partial charge in [0.15, 0.2) is 0 Å². The summed E-state index contributed by atoms with van der Waals surface area (Å²) in [5, 5.41) is 2.77. The number of aromatic nitrogens is 2. The molecule has 0 spiro atoms. The van der Waals surface area contributed by atoms with E-state index >= 15 is 0 Å². The van der Waals surface area contributed by atoms with Crippen molar-refractivity contribution in [1.29, 1.82) is 0 Å². The maximum Gasteiger partial charge on any atom is 0.323 e. The third-order valence-corrected chi connectivity index (χ3v) is 3.19. The van der Waals surface area contributed by atoms with E-state index in [9.17, 15) is 9.59 Å². The van der Waals surface area contributed by atoms with E-state index in [2.05, 4.69) is 21.2 Å². The number of fused-ring (bicyclic) bond motifs is 1. The predicted molar refractivity (Wildman–Crippen MR) is 87.6 cm³/mol. The summed E-state index contributed by atoms with van der Waals surface area (Å²) in [7, 11) is 0. The van der Waals surface area contributed by atoms with Gasteiger partial charge in [-0.25, -0.2) is 4.79 Å². The normalized spacial score (nSPS) is 10.2. The van der Waals surface area contributed by atoms with Gasteiger partial charge in [-0.05, 0) is 30.3 Å². The molecular weight excluding hydrogens is 294 g/mol. The zero-order valence-electron chi connectivity index (χ0n) is 12.1. The summed E-state index contributed by atoms with van der Waals surface area (Å²) in [6.45, 7) is 0.162. The number of amides is 1. The maximum atomic E-state index is 12.3. The Morgan fingerprint density at radius 3 is 2.83 bits per heavy atom. The Morgan fingerprint density at radius 1 is 1.17 bits per heavy atom. The molecule has 0 aliphatic rings. The molecule has 0 aliphatic carbocycles. The van der Waals surface area contributed by atoms with Gasteiger partial charge in [0.1, 0.15) is 12.4 Å². The molecule has 3 aromatic rings. The van der Waals surface area contributed by atoms with E-state index in [1.54, 1.807) is 42.5 Å². The van der Waals surface area contributed by atoms with Gasteiger partial charge < -0.3 is 20.0 Å². The maximum absolute atomic E-state index is 12.3. The molecular formula is C17H13N3O3. The molecule has 0 fully saturated rings. The van der Waals surface area contributed by atoms with E-state index in [0.29, 0.717) is 28.0 Å². The lowest BCUT2D eigenvalue weighted by Gasteiger charge is -2.08. The van der Waals surface area contributed by atoms with Gasteiger partial charge in [0, 0.05) is 17.3 Å². The van der Waals surface area contributed by atoms with Crippen LogP contribution in [0.15, 0.2) is 47.3 Å². The first-order chi connectivity index (χ1) is 11.2. The highest BCUT2D eigenvalue weighted by Crippen LogP contribution is 2.18. The Morgan fingerprint density at radius 2 is 2.00 bits per heavy atom. The number of ether oxygens (including phenoxy) is 1. The summed E-state index contributed by atoms with van der Waals surface area (Å²) in [6, 6.07) is 11.9. The Balaban J connectivity index is 1.80. The molecule has 1 amide bonds. The van der Waals surface area contributed by atoms with E-state index in [4.69, 9.17) is 11.2 Å². The zero-order valence-corrected chi connectivity index (χ0v) is 12.1. The molecule has 2 aromatic carbocycles. The third-order valence-electron chi connectivity index (χ3n) is 3.19. The molecule has 0 unspecified atom stereocenters. The number of imidazole rings is 1. The lowest BCUT2D eigenvalue weighted by atomic mass is 10.2. The quantitative estimate of drug-likeness (QED) is 0.645. The molecule has 114 valence electrons. The van der Waals surface area contributed by atoms with Crippen LogP contribution >= 0.6 is 0 Å². The molecule has 0 aliphatic heterocycles.